The fourth-order valence-corrected chi connectivity index (χ4v) is 4.08. The number of piperazine rings is 1. The van der Waals surface area contributed by atoms with E-state index in [0.29, 0.717) is 19.5 Å². The Kier molecular flexibility index (Phi) is 4.54. The molecule has 1 aromatic rings. The van der Waals surface area contributed by atoms with E-state index in [1.165, 1.54) is 0 Å². The Labute approximate surface area is 115 Å². The van der Waals surface area contributed by atoms with Crippen molar-refractivity contribution >= 4 is 10.0 Å². The van der Waals surface area contributed by atoms with Crippen molar-refractivity contribution in [2.45, 2.75) is 32.4 Å². The molecule has 2 atom stereocenters. The third-order valence-corrected chi connectivity index (χ3v) is 5.12. The molecule has 2 rings (SSSR count). The second-order valence-corrected chi connectivity index (χ2v) is 7.30. The van der Waals surface area contributed by atoms with Crippen molar-refractivity contribution in [1.29, 1.82) is 0 Å². The van der Waals surface area contributed by atoms with E-state index in [1.54, 1.807) is 16.7 Å². The van der Waals surface area contributed by atoms with Crippen LogP contribution >= 0.6 is 0 Å². The zero-order valence-electron chi connectivity index (χ0n) is 11.4. The molecule has 1 saturated heterocycles. The summed E-state index contributed by atoms with van der Waals surface area (Å²) in [5, 5.41) is 3.34. The maximum atomic E-state index is 12.3. The van der Waals surface area contributed by atoms with Crippen LogP contribution in [0.2, 0.25) is 0 Å². The maximum absolute atomic E-state index is 12.3. The summed E-state index contributed by atoms with van der Waals surface area (Å²) in [6, 6.07) is 4.13. The number of nitrogens with zero attached hydrogens (tertiary/aromatic N) is 2. The molecule has 19 heavy (non-hydrogen) atoms. The lowest BCUT2D eigenvalue weighted by Gasteiger charge is -2.35. The van der Waals surface area contributed by atoms with E-state index in [9.17, 15) is 8.42 Å². The van der Waals surface area contributed by atoms with Crippen LogP contribution in [0.15, 0.2) is 24.5 Å². The van der Waals surface area contributed by atoms with Gasteiger partial charge in [-0.3, -0.25) is 4.98 Å². The Morgan fingerprint density at radius 3 is 2.42 bits per heavy atom. The Morgan fingerprint density at radius 2 is 1.84 bits per heavy atom. The molecule has 1 aromatic heterocycles. The van der Waals surface area contributed by atoms with Gasteiger partial charge in [-0.05, 0) is 38.0 Å². The van der Waals surface area contributed by atoms with Crippen molar-refractivity contribution in [3.8, 4) is 0 Å². The van der Waals surface area contributed by atoms with Gasteiger partial charge in [-0.2, -0.15) is 4.31 Å². The molecule has 0 amide bonds. The minimum Gasteiger partial charge on any atom is -0.309 e. The molecular weight excluding hydrogens is 262 g/mol. The van der Waals surface area contributed by atoms with E-state index in [0.717, 1.165) is 5.56 Å². The summed E-state index contributed by atoms with van der Waals surface area (Å²) < 4.78 is 26.3. The van der Waals surface area contributed by atoms with Gasteiger partial charge >= 0.3 is 0 Å². The van der Waals surface area contributed by atoms with E-state index in [-0.39, 0.29) is 17.8 Å². The highest BCUT2D eigenvalue weighted by molar-refractivity contribution is 7.89. The highest BCUT2D eigenvalue weighted by Gasteiger charge is 2.29. The van der Waals surface area contributed by atoms with Crippen molar-refractivity contribution in [3.63, 3.8) is 0 Å². The minimum atomic E-state index is -3.17. The van der Waals surface area contributed by atoms with Crippen LogP contribution in [0.5, 0.6) is 0 Å². The molecule has 1 fully saturated rings. The summed E-state index contributed by atoms with van der Waals surface area (Å²) in [5.74, 6) is 0.163. The average Bonchev–Trinajstić information content (AvgIpc) is 2.37. The number of hydrogen-bond donors (Lipinski definition) is 1. The van der Waals surface area contributed by atoms with Gasteiger partial charge in [0.2, 0.25) is 10.0 Å². The van der Waals surface area contributed by atoms with Crippen molar-refractivity contribution in [1.82, 2.24) is 14.6 Å². The van der Waals surface area contributed by atoms with Crippen LogP contribution in [0.1, 0.15) is 19.4 Å². The third kappa shape index (κ3) is 3.99. The van der Waals surface area contributed by atoms with E-state index in [1.807, 2.05) is 26.0 Å². The van der Waals surface area contributed by atoms with Gasteiger partial charge in [0.05, 0.1) is 5.75 Å². The molecule has 0 spiro atoms. The van der Waals surface area contributed by atoms with Crippen molar-refractivity contribution in [3.05, 3.63) is 30.1 Å². The lowest BCUT2D eigenvalue weighted by Crippen LogP contribution is -2.56. The molecule has 1 aliphatic heterocycles. The molecule has 0 saturated carbocycles. The molecule has 5 nitrogen and oxygen atoms in total. The molecule has 0 radical (unpaired) electrons. The Morgan fingerprint density at radius 1 is 1.26 bits per heavy atom. The van der Waals surface area contributed by atoms with Crippen molar-refractivity contribution in [2.75, 3.05) is 18.8 Å². The van der Waals surface area contributed by atoms with Crippen LogP contribution in [0.25, 0.3) is 0 Å². The smallest absolute Gasteiger partial charge is 0.214 e. The largest absolute Gasteiger partial charge is 0.309 e. The standard InChI is InChI=1S/C13H21N3O2S/c1-11-9-16(10-12(2)15-11)19(17,18)8-5-13-3-6-14-7-4-13/h3-4,6-7,11-12,15H,5,8-10H2,1-2H3. The quantitative estimate of drug-likeness (QED) is 0.880. The van der Waals surface area contributed by atoms with Crippen molar-refractivity contribution in [2.24, 2.45) is 0 Å². The summed E-state index contributed by atoms with van der Waals surface area (Å²) in [6.07, 6.45) is 3.92. The summed E-state index contributed by atoms with van der Waals surface area (Å²) in [7, 11) is -3.17. The predicted octanol–water partition coefficient (Wildman–Crippen LogP) is 0.636. The van der Waals surface area contributed by atoms with Crippen LogP contribution in [0.4, 0.5) is 0 Å². The fourth-order valence-electron chi connectivity index (χ4n) is 2.43. The first-order valence-electron chi connectivity index (χ1n) is 6.60. The molecule has 0 bridgehead atoms. The number of nitrogens with one attached hydrogen (secondary N) is 1. The van der Waals surface area contributed by atoms with Gasteiger partial charge in [0.1, 0.15) is 0 Å². The summed E-state index contributed by atoms with van der Waals surface area (Å²) in [4.78, 5) is 3.93. The normalized spacial score (nSPS) is 25.4. The van der Waals surface area contributed by atoms with Gasteiger partial charge in [0.25, 0.3) is 0 Å². The Bertz CT molecular complexity index is 494. The molecule has 6 heteroatoms. The first-order valence-corrected chi connectivity index (χ1v) is 8.21. The van der Waals surface area contributed by atoms with E-state index < -0.39 is 10.0 Å². The van der Waals surface area contributed by atoms with E-state index in [4.69, 9.17) is 0 Å². The van der Waals surface area contributed by atoms with Crippen LogP contribution < -0.4 is 5.32 Å². The fraction of sp³-hybridized carbons (Fsp3) is 0.615. The number of rotatable bonds is 4. The molecule has 2 heterocycles. The number of aryl methyl sites for hydroxylation is 1. The molecular formula is C13H21N3O2S. The first kappa shape index (κ1) is 14.4. The average molecular weight is 283 g/mol. The van der Waals surface area contributed by atoms with Gasteiger partial charge in [-0.15, -0.1) is 0 Å². The summed E-state index contributed by atoms with van der Waals surface area (Å²) >= 11 is 0. The lowest BCUT2D eigenvalue weighted by molar-refractivity contribution is 0.263. The second kappa shape index (κ2) is 5.98. The SMILES string of the molecule is CC1CN(S(=O)(=O)CCc2ccncc2)CC(C)N1. The van der Waals surface area contributed by atoms with Gasteiger partial charge in [-0.25, -0.2) is 8.42 Å². The summed E-state index contributed by atoms with van der Waals surface area (Å²) in [5.41, 5.74) is 1.01. The van der Waals surface area contributed by atoms with E-state index >= 15 is 0 Å². The zero-order valence-corrected chi connectivity index (χ0v) is 12.2. The zero-order chi connectivity index (χ0) is 13.9. The maximum Gasteiger partial charge on any atom is 0.214 e. The van der Waals surface area contributed by atoms with Crippen molar-refractivity contribution < 1.29 is 8.42 Å². The monoisotopic (exact) mass is 283 g/mol. The first-order chi connectivity index (χ1) is 8.97. The Balaban J connectivity index is 1.98. The van der Waals surface area contributed by atoms with Gasteiger partial charge in [0.15, 0.2) is 0 Å². The van der Waals surface area contributed by atoms with Crippen LogP contribution in [0, 0.1) is 0 Å². The molecule has 106 valence electrons. The topological polar surface area (TPSA) is 62.3 Å². The lowest BCUT2D eigenvalue weighted by atomic mass is 10.2. The van der Waals surface area contributed by atoms with Gasteiger partial charge in [-0.1, -0.05) is 0 Å². The number of hydrogen-bond acceptors (Lipinski definition) is 4. The molecule has 0 aliphatic carbocycles. The molecule has 2 unspecified atom stereocenters. The number of pyridine rings is 1. The Hall–Kier alpha value is -0.980. The molecule has 0 aromatic carbocycles. The van der Waals surface area contributed by atoms with Gasteiger partial charge < -0.3 is 5.32 Å². The van der Waals surface area contributed by atoms with Crippen LogP contribution in [-0.2, 0) is 16.4 Å². The van der Waals surface area contributed by atoms with Crippen LogP contribution in [-0.4, -0.2) is 48.6 Å². The predicted molar refractivity (Wildman–Crippen MR) is 75.4 cm³/mol. The molecule has 1 aliphatic rings. The van der Waals surface area contributed by atoms with Crippen LogP contribution in [0.3, 0.4) is 0 Å². The number of sulfonamides is 1. The highest BCUT2D eigenvalue weighted by atomic mass is 32.2. The third-order valence-electron chi connectivity index (χ3n) is 3.32. The minimum absolute atomic E-state index is 0.163. The molecule has 1 N–H and O–H groups in total. The summed E-state index contributed by atoms with van der Waals surface area (Å²) in [6.45, 7) is 5.15. The van der Waals surface area contributed by atoms with E-state index in [2.05, 4.69) is 10.3 Å². The second-order valence-electron chi connectivity index (χ2n) is 5.21. The van der Waals surface area contributed by atoms with Gasteiger partial charge in [0, 0.05) is 37.6 Å². The highest BCUT2D eigenvalue weighted by Crippen LogP contribution is 2.11. The number of aromatic nitrogens is 1.